The standard InChI is InChI=1S/C18H27NO/c1-4-13-7-5-6-8-16(13)17(20)18(2,3)14-9-11-15(19)12-10-14/h9-13,16H,4-8,19H2,1-3H3. The predicted molar refractivity (Wildman–Crippen MR) is 84.6 cm³/mol. The van der Waals surface area contributed by atoms with Crippen molar-refractivity contribution >= 4 is 11.5 Å². The van der Waals surface area contributed by atoms with Gasteiger partial charge in [0.1, 0.15) is 5.78 Å². The van der Waals surface area contributed by atoms with Gasteiger partial charge in [0.25, 0.3) is 0 Å². The summed E-state index contributed by atoms with van der Waals surface area (Å²) in [6.45, 7) is 6.33. The molecule has 0 spiro atoms. The summed E-state index contributed by atoms with van der Waals surface area (Å²) < 4.78 is 0. The first-order valence-corrected chi connectivity index (χ1v) is 7.87. The highest BCUT2D eigenvalue weighted by Crippen LogP contribution is 2.38. The molecule has 2 nitrogen and oxygen atoms in total. The maximum Gasteiger partial charge on any atom is 0.146 e. The van der Waals surface area contributed by atoms with Crippen LogP contribution in [-0.4, -0.2) is 5.78 Å². The Bertz CT molecular complexity index is 461. The van der Waals surface area contributed by atoms with E-state index in [1.807, 2.05) is 24.3 Å². The molecular formula is C18H27NO. The van der Waals surface area contributed by atoms with Crippen molar-refractivity contribution in [3.05, 3.63) is 29.8 Å². The minimum Gasteiger partial charge on any atom is -0.399 e. The van der Waals surface area contributed by atoms with E-state index in [0.29, 0.717) is 11.7 Å². The number of ketones is 1. The van der Waals surface area contributed by atoms with E-state index < -0.39 is 5.41 Å². The molecule has 1 aromatic carbocycles. The fourth-order valence-electron chi connectivity index (χ4n) is 3.55. The van der Waals surface area contributed by atoms with Crippen molar-refractivity contribution in [3.63, 3.8) is 0 Å². The number of anilines is 1. The summed E-state index contributed by atoms with van der Waals surface area (Å²) in [5.41, 5.74) is 7.17. The zero-order valence-corrected chi connectivity index (χ0v) is 13.0. The van der Waals surface area contributed by atoms with E-state index in [4.69, 9.17) is 5.73 Å². The van der Waals surface area contributed by atoms with E-state index in [0.717, 1.165) is 24.1 Å². The Kier molecular flexibility index (Phi) is 4.52. The summed E-state index contributed by atoms with van der Waals surface area (Å²) in [6.07, 6.45) is 5.88. The molecule has 0 heterocycles. The molecule has 0 saturated heterocycles. The monoisotopic (exact) mass is 273 g/mol. The average Bonchev–Trinajstić information content (AvgIpc) is 2.46. The number of nitrogen functional groups attached to an aromatic ring is 1. The van der Waals surface area contributed by atoms with Crippen LogP contribution in [0, 0.1) is 11.8 Å². The molecule has 1 aliphatic carbocycles. The molecule has 2 atom stereocenters. The minimum absolute atomic E-state index is 0.237. The highest BCUT2D eigenvalue weighted by Gasteiger charge is 2.39. The molecule has 2 unspecified atom stereocenters. The lowest BCUT2D eigenvalue weighted by Crippen LogP contribution is -2.39. The van der Waals surface area contributed by atoms with Gasteiger partial charge < -0.3 is 5.73 Å². The lowest BCUT2D eigenvalue weighted by molar-refractivity contribution is -0.130. The van der Waals surface area contributed by atoms with Gasteiger partial charge in [0, 0.05) is 17.0 Å². The smallest absolute Gasteiger partial charge is 0.146 e. The molecule has 0 bridgehead atoms. The second-order valence-electron chi connectivity index (χ2n) is 6.67. The van der Waals surface area contributed by atoms with Gasteiger partial charge in [-0.15, -0.1) is 0 Å². The van der Waals surface area contributed by atoms with Crippen LogP contribution in [0.25, 0.3) is 0 Å². The van der Waals surface area contributed by atoms with Gasteiger partial charge in [-0.3, -0.25) is 4.79 Å². The first-order valence-electron chi connectivity index (χ1n) is 7.87. The molecular weight excluding hydrogens is 246 g/mol. The van der Waals surface area contributed by atoms with Crippen molar-refractivity contribution in [1.29, 1.82) is 0 Å². The van der Waals surface area contributed by atoms with E-state index in [1.54, 1.807) is 0 Å². The number of hydrogen-bond donors (Lipinski definition) is 1. The molecule has 1 fully saturated rings. The molecule has 0 aliphatic heterocycles. The number of carbonyl (C=O) groups is 1. The van der Waals surface area contributed by atoms with Crippen LogP contribution in [0.2, 0.25) is 0 Å². The normalized spacial score (nSPS) is 23.6. The van der Waals surface area contributed by atoms with Crippen molar-refractivity contribution in [2.45, 2.75) is 58.3 Å². The van der Waals surface area contributed by atoms with Crippen LogP contribution in [0.15, 0.2) is 24.3 Å². The second kappa shape index (κ2) is 5.99. The molecule has 1 aliphatic rings. The van der Waals surface area contributed by atoms with Gasteiger partial charge in [-0.2, -0.15) is 0 Å². The maximum atomic E-state index is 13.0. The Hall–Kier alpha value is -1.31. The lowest BCUT2D eigenvalue weighted by atomic mass is 9.67. The Balaban J connectivity index is 2.23. The summed E-state index contributed by atoms with van der Waals surface area (Å²) in [5, 5.41) is 0. The van der Waals surface area contributed by atoms with Gasteiger partial charge in [0.05, 0.1) is 0 Å². The summed E-state index contributed by atoms with van der Waals surface area (Å²) in [6, 6.07) is 7.78. The summed E-state index contributed by atoms with van der Waals surface area (Å²) in [5.74, 6) is 1.22. The largest absolute Gasteiger partial charge is 0.399 e. The number of rotatable bonds is 4. The van der Waals surface area contributed by atoms with Crippen LogP contribution in [0.3, 0.4) is 0 Å². The van der Waals surface area contributed by atoms with E-state index in [-0.39, 0.29) is 5.92 Å². The Morgan fingerprint density at radius 1 is 1.20 bits per heavy atom. The van der Waals surface area contributed by atoms with E-state index in [1.165, 1.54) is 19.3 Å². The SMILES string of the molecule is CCC1CCCCC1C(=O)C(C)(C)c1ccc(N)cc1. The van der Waals surface area contributed by atoms with Gasteiger partial charge in [-0.05, 0) is 50.3 Å². The maximum absolute atomic E-state index is 13.0. The molecule has 1 aromatic rings. The van der Waals surface area contributed by atoms with Crippen LogP contribution in [-0.2, 0) is 10.2 Å². The van der Waals surface area contributed by atoms with Crippen LogP contribution in [0.1, 0.15) is 58.4 Å². The third kappa shape index (κ3) is 2.89. The molecule has 2 rings (SSSR count). The number of carbonyl (C=O) groups excluding carboxylic acids is 1. The molecule has 0 amide bonds. The number of nitrogens with two attached hydrogens (primary N) is 1. The summed E-state index contributed by atoms with van der Waals surface area (Å²) in [4.78, 5) is 13.0. The van der Waals surface area contributed by atoms with Crippen molar-refractivity contribution in [2.24, 2.45) is 11.8 Å². The molecule has 0 aromatic heterocycles. The topological polar surface area (TPSA) is 43.1 Å². The van der Waals surface area contributed by atoms with Gasteiger partial charge in [-0.25, -0.2) is 0 Å². The zero-order valence-electron chi connectivity index (χ0n) is 13.0. The molecule has 1 saturated carbocycles. The highest BCUT2D eigenvalue weighted by molar-refractivity contribution is 5.91. The number of Topliss-reactive ketones (excluding diaryl/α,β-unsaturated/α-hetero) is 1. The fourth-order valence-corrected chi connectivity index (χ4v) is 3.55. The second-order valence-corrected chi connectivity index (χ2v) is 6.67. The number of benzene rings is 1. The van der Waals surface area contributed by atoms with Crippen molar-refractivity contribution < 1.29 is 4.79 Å². The molecule has 110 valence electrons. The lowest BCUT2D eigenvalue weighted by Gasteiger charge is -2.35. The molecule has 2 N–H and O–H groups in total. The third-order valence-corrected chi connectivity index (χ3v) is 5.02. The van der Waals surface area contributed by atoms with Gasteiger partial charge in [-0.1, -0.05) is 38.3 Å². The Morgan fingerprint density at radius 3 is 2.40 bits per heavy atom. The predicted octanol–water partition coefficient (Wildman–Crippen LogP) is 4.33. The molecule has 20 heavy (non-hydrogen) atoms. The Morgan fingerprint density at radius 2 is 1.80 bits per heavy atom. The first kappa shape index (κ1) is 15.1. The van der Waals surface area contributed by atoms with Crippen molar-refractivity contribution in [2.75, 3.05) is 5.73 Å². The van der Waals surface area contributed by atoms with Gasteiger partial charge >= 0.3 is 0 Å². The van der Waals surface area contributed by atoms with E-state index >= 15 is 0 Å². The highest BCUT2D eigenvalue weighted by atomic mass is 16.1. The molecule has 0 radical (unpaired) electrons. The van der Waals surface area contributed by atoms with Crippen LogP contribution in [0.5, 0.6) is 0 Å². The van der Waals surface area contributed by atoms with Gasteiger partial charge in [0.2, 0.25) is 0 Å². The third-order valence-electron chi connectivity index (χ3n) is 5.02. The van der Waals surface area contributed by atoms with E-state index in [2.05, 4.69) is 20.8 Å². The summed E-state index contributed by atoms with van der Waals surface area (Å²) in [7, 11) is 0. The van der Waals surface area contributed by atoms with Gasteiger partial charge in [0.15, 0.2) is 0 Å². The average molecular weight is 273 g/mol. The van der Waals surface area contributed by atoms with Crippen LogP contribution >= 0.6 is 0 Å². The van der Waals surface area contributed by atoms with Crippen LogP contribution < -0.4 is 5.73 Å². The van der Waals surface area contributed by atoms with Crippen LogP contribution in [0.4, 0.5) is 5.69 Å². The Labute approximate surface area is 122 Å². The van der Waals surface area contributed by atoms with Crippen molar-refractivity contribution in [1.82, 2.24) is 0 Å². The van der Waals surface area contributed by atoms with E-state index in [9.17, 15) is 4.79 Å². The molecule has 2 heteroatoms. The quantitative estimate of drug-likeness (QED) is 0.830. The number of hydrogen-bond acceptors (Lipinski definition) is 2. The first-order chi connectivity index (χ1) is 9.46. The fraction of sp³-hybridized carbons (Fsp3) is 0.611. The zero-order chi connectivity index (χ0) is 14.8. The minimum atomic E-state index is -0.414. The van der Waals surface area contributed by atoms with Crippen molar-refractivity contribution in [3.8, 4) is 0 Å². The summed E-state index contributed by atoms with van der Waals surface area (Å²) >= 11 is 0.